The summed E-state index contributed by atoms with van der Waals surface area (Å²) >= 11 is 0. The molecular formula is C15H17NO3. The molecule has 0 amide bonds. The molecule has 100 valence electrons. The number of nitrogens with two attached hydrogens (primary N) is 1. The van der Waals surface area contributed by atoms with Gasteiger partial charge in [0, 0.05) is 0 Å². The molecule has 0 bridgehead atoms. The summed E-state index contributed by atoms with van der Waals surface area (Å²) in [5, 5.41) is 12.2. The number of fused-ring (bicyclic) bond motifs is 1. The highest BCUT2D eigenvalue weighted by atomic mass is 16.5. The highest BCUT2D eigenvalue weighted by Gasteiger charge is 2.25. The standard InChI is InChI=1S/C15H17NO3/c1-2-19-15(18)13(16)14(17)12-8-7-10-5-3-4-6-11(10)9-12/h3-9,13-14,17H,2,16H2,1H3. The number of carbonyl (C=O) groups is 1. The Kier molecular flexibility index (Phi) is 4.14. The number of hydrogen-bond donors (Lipinski definition) is 2. The van der Waals surface area contributed by atoms with Crippen LogP contribution in [-0.2, 0) is 9.53 Å². The Balaban J connectivity index is 2.25. The van der Waals surface area contributed by atoms with Gasteiger partial charge in [0.1, 0.15) is 12.1 Å². The summed E-state index contributed by atoms with van der Waals surface area (Å²) in [4.78, 5) is 11.5. The molecule has 0 fully saturated rings. The maximum atomic E-state index is 11.5. The van der Waals surface area contributed by atoms with E-state index in [-0.39, 0.29) is 6.61 Å². The van der Waals surface area contributed by atoms with E-state index in [4.69, 9.17) is 10.5 Å². The second kappa shape index (κ2) is 5.82. The Morgan fingerprint density at radius 1 is 1.26 bits per heavy atom. The van der Waals surface area contributed by atoms with Crippen LogP contribution < -0.4 is 5.73 Å². The number of rotatable bonds is 4. The number of aliphatic hydroxyl groups is 1. The SMILES string of the molecule is CCOC(=O)C(N)C(O)c1ccc2ccccc2c1. The summed E-state index contributed by atoms with van der Waals surface area (Å²) in [5.41, 5.74) is 6.31. The average Bonchev–Trinajstić information content (AvgIpc) is 2.45. The molecule has 4 nitrogen and oxygen atoms in total. The van der Waals surface area contributed by atoms with Gasteiger partial charge in [-0.2, -0.15) is 0 Å². The summed E-state index contributed by atoms with van der Waals surface area (Å²) in [5.74, 6) is -0.594. The van der Waals surface area contributed by atoms with Crippen LogP contribution in [0.1, 0.15) is 18.6 Å². The van der Waals surface area contributed by atoms with Gasteiger partial charge < -0.3 is 15.6 Å². The molecule has 2 unspecified atom stereocenters. The van der Waals surface area contributed by atoms with Crippen LogP contribution in [0, 0.1) is 0 Å². The van der Waals surface area contributed by atoms with Gasteiger partial charge in [-0.3, -0.25) is 4.79 Å². The van der Waals surface area contributed by atoms with Gasteiger partial charge in [0.25, 0.3) is 0 Å². The molecule has 4 heteroatoms. The number of esters is 1. The van der Waals surface area contributed by atoms with Crippen molar-refractivity contribution in [2.75, 3.05) is 6.61 Å². The van der Waals surface area contributed by atoms with Gasteiger partial charge >= 0.3 is 5.97 Å². The topological polar surface area (TPSA) is 72.5 Å². The minimum atomic E-state index is -1.07. The van der Waals surface area contributed by atoms with Crippen molar-refractivity contribution >= 4 is 16.7 Å². The Labute approximate surface area is 111 Å². The van der Waals surface area contributed by atoms with Crippen molar-refractivity contribution in [1.29, 1.82) is 0 Å². The first-order chi connectivity index (χ1) is 9.13. The fraction of sp³-hybridized carbons (Fsp3) is 0.267. The fourth-order valence-electron chi connectivity index (χ4n) is 1.97. The molecular weight excluding hydrogens is 242 g/mol. The summed E-state index contributed by atoms with van der Waals surface area (Å²) in [6.45, 7) is 1.95. The zero-order valence-corrected chi connectivity index (χ0v) is 10.7. The van der Waals surface area contributed by atoms with Gasteiger partial charge in [-0.05, 0) is 29.3 Å². The first kappa shape index (κ1) is 13.5. The number of carbonyl (C=O) groups excluding carboxylic acids is 1. The van der Waals surface area contributed by atoms with Gasteiger partial charge in [0.15, 0.2) is 0 Å². The van der Waals surface area contributed by atoms with E-state index in [1.165, 1.54) is 0 Å². The average molecular weight is 259 g/mol. The summed E-state index contributed by atoms with van der Waals surface area (Å²) in [6, 6.07) is 12.2. The maximum Gasteiger partial charge on any atom is 0.325 e. The van der Waals surface area contributed by atoms with E-state index in [0.29, 0.717) is 5.56 Å². The van der Waals surface area contributed by atoms with Crippen molar-refractivity contribution in [1.82, 2.24) is 0 Å². The third kappa shape index (κ3) is 2.92. The van der Waals surface area contributed by atoms with Crippen LogP contribution >= 0.6 is 0 Å². The predicted molar refractivity (Wildman–Crippen MR) is 73.5 cm³/mol. The Hall–Kier alpha value is -1.91. The lowest BCUT2D eigenvalue weighted by atomic mass is 9.99. The van der Waals surface area contributed by atoms with E-state index in [1.54, 1.807) is 13.0 Å². The van der Waals surface area contributed by atoms with Crippen LogP contribution in [0.4, 0.5) is 0 Å². The van der Waals surface area contributed by atoms with Crippen molar-refractivity contribution in [3.63, 3.8) is 0 Å². The van der Waals surface area contributed by atoms with E-state index in [0.717, 1.165) is 10.8 Å². The lowest BCUT2D eigenvalue weighted by Gasteiger charge is -2.18. The minimum Gasteiger partial charge on any atom is -0.465 e. The van der Waals surface area contributed by atoms with Gasteiger partial charge in [0.2, 0.25) is 0 Å². The Bertz CT molecular complexity index is 582. The smallest absolute Gasteiger partial charge is 0.325 e. The van der Waals surface area contributed by atoms with E-state index in [9.17, 15) is 9.90 Å². The van der Waals surface area contributed by atoms with Crippen molar-refractivity contribution in [3.8, 4) is 0 Å². The number of hydrogen-bond acceptors (Lipinski definition) is 4. The van der Waals surface area contributed by atoms with Gasteiger partial charge in [-0.25, -0.2) is 0 Å². The second-order valence-corrected chi connectivity index (χ2v) is 4.33. The molecule has 0 aliphatic carbocycles. The highest BCUT2D eigenvalue weighted by molar-refractivity contribution is 5.83. The zero-order chi connectivity index (χ0) is 13.8. The monoisotopic (exact) mass is 259 g/mol. The van der Waals surface area contributed by atoms with Crippen LogP contribution in [-0.4, -0.2) is 23.7 Å². The maximum absolute atomic E-state index is 11.5. The minimum absolute atomic E-state index is 0.247. The largest absolute Gasteiger partial charge is 0.465 e. The van der Waals surface area contributed by atoms with Crippen LogP contribution in [0.25, 0.3) is 10.8 Å². The number of ether oxygens (including phenoxy) is 1. The van der Waals surface area contributed by atoms with Gasteiger partial charge in [0.05, 0.1) is 6.61 Å². The highest BCUT2D eigenvalue weighted by Crippen LogP contribution is 2.22. The quantitative estimate of drug-likeness (QED) is 0.821. The molecule has 0 saturated carbocycles. The van der Waals surface area contributed by atoms with E-state index in [1.807, 2.05) is 36.4 Å². The summed E-state index contributed by atoms with van der Waals surface area (Å²) in [7, 11) is 0. The molecule has 0 aromatic heterocycles. The first-order valence-corrected chi connectivity index (χ1v) is 6.22. The van der Waals surface area contributed by atoms with Crippen LogP contribution in [0.5, 0.6) is 0 Å². The predicted octanol–water partition coefficient (Wildman–Crippen LogP) is 1.76. The molecule has 0 aliphatic heterocycles. The van der Waals surface area contributed by atoms with Crippen molar-refractivity contribution in [2.24, 2.45) is 5.73 Å². The van der Waals surface area contributed by atoms with Crippen molar-refractivity contribution < 1.29 is 14.6 Å². The number of benzene rings is 2. The third-order valence-corrected chi connectivity index (χ3v) is 3.01. The molecule has 2 atom stereocenters. The Morgan fingerprint density at radius 2 is 1.95 bits per heavy atom. The fourth-order valence-corrected chi connectivity index (χ4v) is 1.97. The molecule has 2 aromatic rings. The molecule has 0 aliphatic rings. The van der Waals surface area contributed by atoms with E-state index in [2.05, 4.69) is 0 Å². The molecule has 0 saturated heterocycles. The normalized spacial score (nSPS) is 14.1. The van der Waals surface area contributed by atoms with E-state index < -0.39 is 18.1 Å². The van der Waals surface area contributed by atoms with Gasteiger partial charge in [-0.15, -0.1) is 0 Å². The first-order valence-electron chi connectivity index (χ1n) is 6.22. The van der Waals surface area contributed by atoms with Crippen molar-refractivity contribution in [2.45, 2.75) is 19.1 Å². The lowest BCUT2D eigenvalue weighted by Crippen LogP contribution is -2.38. The van der Waals surface area contributed by atoms with E-state index >= 15 is 0 Å². The molecule has 0 spiro atoms. The van der Waals surface area contributed by atoms with Gasteiger partial charge in [-0.1, -0.05) is 36.4 Å². The van der Waals surface area contributed by atoms with Crippen molar-refractivity contribution in [3.05, 3.63) is 48.0 Å². The molecule has 2 rings (SSSR count). The van der Waals surface area contributed by atoms with Crippen LogP contribution in [0.2, 0.25) is 0 Å². The molecule has 0 radical (unpaired) electrons. The molecule has 3 N–H and O–H groups in total. The van der Waals surface area contributed by atoms with Crippen LogP contribution in [0.15, 0.2) is 42.5 Å². The number of aliphatic hydroxyl groups excluding tert-OH is 1. The van der Waals surface area contributed by atoms with Crippen LogP contribution in [0.3, 0.4) is 0 Å². The molecule has 0 heterocycles. The summed E-state index contributed by atoms with van der Waals surface area (Å²) in [6.07, 6.45) is -1.07. The summed E-state index contributed by atoms with van der Waals surface area (Å²) < 4.78 is 4.81. The third-order valence-electron chi connectivity index (χ3n) is 3.01. The molecule has 2 aromatic carbocycles. The lowest BCUT2D eigenvalue weighted by molar-refractivity contribution is -0.147. The molecule has 19 heavy (non-hydrogen) atoms. The second-order valence-electron chi connectivity index (χ2n) is 4.33. The zero-order valence-electron chi connectivity index (χ0n) is 10.7. The Morgan fingerprint density at radius 3 is 2.63 bits per heavy atom.